The summed E-state index contributed by atoms with van der Waals surface area (Å²) in [5.41, 5.74) is 5.52. The molecule has 0 amide bonds. The molecule has 10 heavy (non-hydrogen) atoms. The van der Waals surface area contributed by atoms with E-state index < -0.39 is 0 Å². The van der Waals surface area contributed by atoms with E-state index >= 15 is 0 Å². The summed E-state index contributed by atoms with van der Waals surface area (Å²) in [5, 5.41) is 0.742. The van der Waals surface area contributed by atoms with E-state index in [1.165, 1.54) is 0 Å². The first-order chi connectivity index (χ1) is 4.10. The van der Waals surface area contributed by atoms with E-state index in [1.54, 1.807) is 11.8 Å². The van der Waals surface area contributed by atoms with Gasteiger partial charge in [0.05, 0.1) is 0 Å². The maximum Gasteiger partial charge on any atom is 0.154 e. The molecule has 1 heterocycles. The first kappa shape index (κ1) is 10.1. The molecule has 0 aromatic rings. The van der Waals surface area contributed by atoms with Crippen molar-refractivity contribution >= 4 is 29.3 Å². The Bertz CT molecular complexity index is 145. The van der Waals surface area contributed by atoms with Gasteiger partial charge in [-0.05, 0) is 6.42 Å². The van der Waals surface area contributed by atoms with Gasteiger partial charge in [-0.1, -0.05) is 25.6 Å². The van der Waals surface area contributed by atoms with Gasteiger partial charge in [0.15, 0.2) is 5.17 Å². The van der Waals surface area contributed by atoms with Crippen molar-refractivity contribution < 1.29 is 0 Å². The Morgan fingerprint density at radius 2 is 2.20 bits per heavy atom. The molecule has 4 heteroatoms. The van der Waals surface area contributed by atoms with Gasteiger partial charge < -0.3 is 5.73 Å². The molecule has 0 radical (unpaired) electrons. The van der Waals surface area contributed by atoms with Crippen LogP contribution < -0.4 is 5.73 Å². The van der Waals surface area contributed by atoms with Crippen molar-refractivity contribution in [2.45, 2.75) is 25.0 Å². The number of hydrogen-bond donors (Lipinski definition) is 1. The van der Waals surface area contributed by atoms with Crippen molar-refractivity contribution in [3.63, 3.8) is 0 Å². The maximum absolute atomic E-state index is 5.52. The van der Waals surface area contributed by atoms with Crippen LogP contribution in [0.4, 0.5) is 0 Å². The van der Waals surface area contributed by atoms with Crippen LogP contribution in [0.5, 0.6) is 0 Å². The van der Waals surface area contributed by atoms with Crippen molar-refractivity contribution in [3.05, 3.63) is 0 Å². The third kappa shape index (κ3) is 2.80. The molecule has 1 aliphatic heterocycles. The fourth-order valence-electron chi connectivity index (χ4n) is 0.802. The maximum atomic E-state index is 5.52. The van der Waals surface area contributed by atoms with Crippen LogP contribution in [-0.2, 0) is 0 Å². The summed E-state index contributed by atoms with van der Waals surface area (Å²) < 4.78 is 0.311. The van der Waals surface area contributed by atoms with Crippen LogP contribution in [-0.4, -0.2) is 16.5 Å². The van der Waals surface area contributed by atoms with Gasteiger partial charge in [-0.2, -0.15) is 0 Å². The number of thioether (sulfide) groups is 1. The number of halogens is 1. The Morgan fingerprint density at radius 1 is 1.60 bits per heavy atom. The van der Waals surface area contributed by atoms with E-state index in [0.717, 1.165) is 18.1 Å². The monoisotopic (exact) mass is 180 g/mol. The Balaban J connectivity index is 0.000000810. The molecule has 0 saturated carbocycles. The SMILES string of the molecule is CC1(C)CCN=C(N)S1.Cl. The highest BCUT2D eigenvalue weighted by Crippen LogP contribution is 2.30. The molecule has 0 bridgehead atoms. The normalized spacial score (nSPS) is 22.8. The molecular weight excluding hydrogens is 168 g/mol. The average molecular weight is 181 g/mol. The van der Waals surface area contributed by atoms with E-state index in [4.69, 9.17) is 5.73 Å². The zero-order chi connectivity index (χ0) is 6.91. The number of aliphatic imine (C=N–C) groups is 1. The van der Waals surface area contributed by atoms with Crippen molar-refractivity contribution in [2.24, 2.45) is 10.7 Å². The molecule has 1 aliphatic rings. The van der Waals surface area contributed by atoms with Gasteiger partial charge in [0.2, 0.25) is 0 Å². The first-order valence-corrected chi connectivity index (χ1v) is 3.91. The fraction of sp³-hybridized carbons (Fsp3) is 0.833. The van der Waals surface area contributed by atoms with Gasteiger partial charge in [-0.15, -0.1) is 12.4 Å². The molecule has 1 rings (SSSR count). The minimum absolute atomic E-state index is 0. The van der Waals surface area contributed by atoms with Crippen LogP contribution in [0.1, 0.15) is 20.3 Å². The topological polar surface area (TPSA) is 38.4 Å². The minimum atomic E-state index is 0. The van der Waals surface area contributed by atoms with Gasteiger partial charge in [-0.25, -0.2) is 0 Å². The van der Waals surface area contributed by atoms with Crippen LogP contribution in [0.2, 0.25) is 0 Å². The van der Waals surface area contributed by atoms with Crippen LogP contribution in [0.25, 0.3) is 0 Å². The highest BCUT2D eigenvalue weighted by Gasteiger charge is 2.22. The smallest absolute Gasteiger partial charge is 0.154 e. The predicted molar refractivity (Wildman–Crippen MR) is 50.0 cm³/mol. The summed E-state index contributed by atoms with van der Waals surface area (Å²) in [5.74, 6) is 0. The van der Waals surface area contributed by atoms with Crippen molar-refractivity contribution in [1.29, 1.82) is 0 Å². The molecule has 0 unspecified atom stereocenters. The van der Waals surface area contributed by atoms with E-state index in [2.05, 4.69) is 18.8 Å². The molecule has 0 aromatic carbocycles. The first-order valence-electron chi connectivity index (χ1n) is 3.09. The summed E-state index contributed by atoms with van der Waals surface area (Å²) in [6.07, 6.45) is 1.14. The number of rotatable bonds is 0. The summed E-state index contributed by atoms with van der Waals surface area (Å²) >= 11 is 1.67. The summed E-state index contributed by atoms with van der Waals surface area (Å²) in [4.78, 5) is 4.08. The number of nitrogens with two attached hydrogens (primary N) is 1. The van der Waals surface area contributed by atoms with Crippen molar-refractivity contribution in [2.75, 3.05) is 6.54 Å². The average Bonchev–Trinajstić information content (AvgIpc) is 1.60. The van der Waals surface area contributed by atoms with Gasteiger partial charge in [0.25, 0.3) is 0 Å². The molecule has 2 nitrogen and oxygen atoms in total. The second-order valence-electron chi connectivity index (χ2n) is 2.83. The molecule has 2 N–H and O–H groups in total. The quantitative estimate of drug-likeness (QED) is 0.616. The van der Waals surface area contributed by atoms with Crippen LogP contribution in [0.15, 0.2) is 4.99 Å². The van der Waals surface area contributed by atoms with Gasteiger partial charge in [0, 0.05) is 11.3 Å². The van der Waals surface area contributed by atoms with Crippen LogP contribution in [0.3, 0.4) is 0 Å². The highest BCUT2D eigenvalue weighted by atomic mass is 35.5. The zero-order valence-electron chi connectivity index (χ0n) is 6.26. The molecular formula is C6H13ClN2S. The summed E-state index contributed by atoms with van der Waals surface area (Å²) in [7, 11) is 0. The third-order valence-electron chi connectivity index (χ3n) is 1.36. The van der Waals surface area contributed by atoms with E-state index in [0.29, 0.717) is 4.75 Å². The lowest BCUT2D eigenvalue weighted by molar-refractivity contribution is 0.646. The lowest BCUT2D eigenvalue weighted by Gasteiger charge is -2.25. The zero-order valence-corrected chi connectivity index (χ0v) is 7.89. The van der Waals surface area contributed by atoms with E-state index in [-0.39, 0.29) is 12.4 Å². The number of hydrogen-bond acceptors (Lipinski definition) is 3. The molecule has 0 aliphatic carbocycles. The largest absolute Gasteiger partial charge is 0.379 e. The second-order valence-corrected chi connectivity index (χ2v) is 4.56. The van der Waals surface area contributed by atoms with Gasteiger partial charge >= 0.3 is 0 Å². The highest BCUT2D eigenvalue weighted by molar-refractivity contribution is 8.15. The molecule has 0 spiro atoms. The Morgan fingerprint density at radius 3 is 2.50 bits per heavy atom. The molecule has 60 valence electrons. The molecule has 0 fully saturated rings. The fourth-order valence-corrected chi connectivity index (χ4v) is 1.72. The second kappa shape index (κ2) is 3.49. The Labute approximate surface area is 72.1 Å². The van der Waals surface area contributed by atoms with Gasteiger partial charge in [0.1, 0.15) is 0 Å². The lowest BCUT2D eigenvalue weighted by atomic mass is 10.1. The van der Waals surface area contributed by atoms with E-state index in [1.807, 2.05) is 0 Å². The van der Waals surface area contributed by atoms with Crippen molar-refractivity contribution in [3.8, 4) is 0 Å². The minimum Gasteiger partial charge on any atom is -0.379 e. The molecule has 0 atom stereocenters. The van der Waals surface area contributed by atoms with E-state index in [9.17, 15) is 0 Å². The Kier molecular flexibility index (Phi) is 3.52. The number of nitrogens with zero attached hydrogens (tertiary/aromatic N) is 1. The lowest BCUT2D eigenvalue weighted by Crippen LogP contribution is -2.27. The third-order valence-corrected chi connectivity index (χ3v) is 2.46. The summed E-state index contributed by atoms with van der Waals surface area (Å²) in [6.45, 7) is 5.28. The number of amidine groups is 1. The predicted octanol–water partition coefficient (Wildman–Crippen LogP) is 1.64. The standard InChI is InChI=1S/C6H12N2S.ClH/c1-6(2)3-4-8-5(7)9-6;/h3-4H2,1-2H3,(H2,7,8);1H. The summed E-state index contributed by atoms with van der Waals surface area (Å²) in [6, 6.07) is 0. The molecule has 0 aromatic heterocycles. The Hall–Kier alpha value is 0.110. The molecule has 0 saturated heterocycles. The van der Waals surface area contributed by atoms with Gasteiger partial charge in [-0.3, -0.25) is 4.99 Å². The van der Waals surface area contributed by atoms with Crippen molar-refractivity contribution in [1.82, 2.24) is 0 Å². The van der Waals surface area contributed by atoms with Crippen LogP contribution >= 0.6 is 24.2 Å². The van der Waals surface area contributed by atoms with Crippen LogP contribution in [0, 0.1) is 0 Å².